The van der Waals surface area contributed by atoms with Gasteiger partial charge in [-0.25, -0.2) is 4.68 Å². The van der Waals surface area contributed by atoms with Crippen molar-refractivity contribution in [2.45, 2.75) is 6.92 Å². The van der Waals surface area contributed by atoms with E-state index in [1.54, 1.807) is 10.9 Å². The molecule has 140 valence electrons. The van der Waals surface area contributed by atoms with E-state index < -0.39 is 0 Å². The Morgan fingerprint density at radius 1 is 0.897 bits per heavy atom. The fraction of sp³-hybridized carbons (Fsp3) is 0.0400. The van der Waals surface area contributed by atoms with Crippen LogP contribution >= 0.6 is 0 Å². The Labute approximate surface area is 168 Å². The molecule has 0 N–H and O–H groups in total. The average Bonchev–Trinajstić information content (AvgIpc) is 3.39. The molecule has 0 spiro atoms. The van der Waals surface area contributed by atoms with E-state index in [4.69, 9.17) is 4.42 Å². The van der Waals surface area contributed by atoms with Gasteiger partial charge in [0.05, 0.1) is 11.9 Å². The van der Waals surface area contributed by atoms with Gasteiger partial charge in [-0.2, -0.15) is 5.10 Å². The van der Waals surface area contributed by atoms with Crippen LogP contribution < -0.4 is 0 Å². The first kappa shape index (κ1) is 17.2. The topological polar surface area (TPSA) is 48.0 Å². The van der Waals surface area contributed by atoms with Crippen LogP contribution in [0.25, 0.3) is 27.8 Å². The van der Waals surface area contributed by atoms with Gasteiger partial charge in [0.25, 0.3) is 0 Å². The predicted octanol–water partition coefficient (Wildman–Crippen LogP) is 5.82. The van der Waals surface area contributed by atoms with Gasteiger partial charge in [-0.3, -0.25) is 4.79 Å². The Bertz CT molecular complexity index is 1310. The third-order valence-electron chi connectivity index (χ3n) is 5.01. The molecule has 0 radical (unpaired) electrons. The molecule has 0 bridgehead atoms. The van der Waals surface area contributed by atoms with E-state index in [0.29, 0.717) is 16.9 Å². The van der Waals surface area contributed by atoms with Gasteiger partial charge in [0.15, 0.2) is 5.76 Å². The number of rotatable bonds is 4. The lowest BCUT2D eigenvalue weighted by molar-refractivity contribution is 0.101. The van der Waals surface area contributed by atoms with Gasteiger partial charge < -0.3 is 4.42 Å². The molecule has 0 aliphatic rings. The number of carbonyl (C=O) groups excluding carboxylic acids is 1. The summed E-state index contributed by atoms with van der Waals surface area (Å²) in [6, 6.07) is 25.1. The molecule has 0 unspecified atom stereocenters. The van der Waals surface area contributed by atoms with E-state index in [1.807, 2.05) is 92.0 Å². The van der Waals surface area contributed by atoms with Crippen LogP contribution in [0.1, 0.15) is 21.7 Å². The number of nitrogens with zero attached hydrogens (tertiary/aromatic N) is 2. The predicted molar refractivity (Wildman–Crippen MR) is 113 cm³/mol. The van der Waals surface area contributed by atoms with Crippen LogP contribution in [0.2, 0.25) is 0 Å². The molecule has 29 heavy (non-hydrogen) atoms. The van der Waals surface area contributed by atoms with Crippen molar-refractivity contribution in [3.05, 3.63) is 108 Å². The van der Waals surface area contributed by atoms with Crippen molar-refractivity contribution in [1.82, 2.24) is 9.78 Å². The fourth-order valence-electron chi connectivity index (χ4n) is 3.50. The Morgan fingerprint density at radius 3 is 2.41 bits per heavy atom. The number of fused-ring (bicyclic) bond motifs is 1. The molecule has 0 saturated heterocycles. The second kappa shape index (κ2) is 6.91. The first-order chi connectivity index (χ1) is 14.2. The zero-order valence-electron chi connectivity index (χ0n) is 15.9. The lowest BCUT2D eigenvalue weighted by atomic mass is 9.99. The van der Waals surface area contributed by atoms with Crippen LogP contribution in [0.4, 0.5) is 0 Å². The standard InChI is InChI=1S/C25H18N2O2/c1-17-11-13-18(14-12-17)24(28)25-23(21-9-5-6-10-22(21)29-25)19-15-26-27(16-19)20-7-3-2-4-8-20/h2-16H,1H3. The molecular formula is C25H18N2O2. The number of benzene rings is 3. The highest BCUT2D eigenvalue weighted by atomic mass is 16.3. The van der Waals surface area contributed by atoms with Crippen molar-refractivity contribution in [2.75, 3.05) is 0 Å². The summed E-state index contributed by atoms with van der Waals surface area (Å²) in [5.74, 6) is 0.200. The van der Waals surface area contributed by atoms with E-state index in [1.165, 1.54) is 0 Å². The van der Waals surface area contributed by atoms with Gasteiger partial charge in [0.2, 0.25) is 5.78 Å². The van der Waals surface area contributed by atoms with Gasteiger partial charge in [0.1, 0.15) is 5.58 Å². The Kier molecular flexibility index (Phi) is 4.10. The van der Waals surface area contributed by atoms with Crippen molar-refractivity contribution in [2.24, 2.45) is 0 Å². The van der Waals surface area contributed by atoms with E-state index in [9.17, 15) is 4.79 Å². The summed E-state index contributed by atoms with van der Waals surface area (Å²) in [6.07, 6.45) is 3.70. The number of aromatic nitrogens is 2. The van der Waals surface area contributed by atoms with E-state index in [2.05, 4.69) is 5.10 Å². The molecular weight excluding hydrogens is 360 g/mol. The van der Waals surface area contributed by atoms with Crippen molar-refractivity contribution in [3.63, 3.8) is 0 Å². The number of ketones is 1. The number of hydrogen-bond acceptors (Lipinski definition) is 3. The Hall–Kier alpha value is -3.92. The lowest BCUT2D eigenvalue weighted by Gasteiger charge is -2.02. The molecule has 0 saturated carbocycles. The second-order valence-electron chi connectivity index (χ2n) is 7.01. The summed E-state index contributed by atoms with van der Waals surface area (Å²) >= 11 is 0. The highest BCUT2D eigenvalue weighted by molar-refractivity contribution is 6.15. The summed E-state index contributed by atoms with van der Waals surface area (Å²) in [4.78, 5) is 13.3. The first-order valence-electron chi connectivity index (χ1n) is 9.44. The van der Waals surface area contributed by atoms with E-state index >= 15 is 0 Å². The molecule has 5 rings (SSSR count). The number of hydrogen-bond donors (Lipinski definition) is 0. The summed E-state index contributed by atoms with van der Waals surface area (Å²) in [5.41, 5.74) is 4.97. The maximum atomic E-state index is 13.3. The minimum atomic E-state index is -0.135. The summed E-state index contributed by atoms with van der Waals surface area (Å²) < 4.78 is 7.83. The molecule has 0 aliphatic heterocycles. The van der Waals surface area contributed by atoms with Gasteiger partial charge in [-0.05, 0) is 25.1 Å². The second-order valence-corrected chi connectivity index (χ2v) is 7.01. The van der Waals surface area contributed by atoms with Crippen molar-refractivity contribution in [1.29, 1.82) is 0 Å². The maximum absolute atomic E-state index is 13.3. The van der Waals surface area contributed by atoms with Crippen LogP contribution in [-0.2, 0) is 0 Å². The van der Waals surface area contributed by atoms with E-state index in [0.717, 1.165) is 27.8 Å². The molecule has 4 nitrogen and oxygen atoms in total. The zero-order valence-corrected chi connectivity index (χ0v) is 15.9. The zero-order chi connectivity index (χ0) is 19.8. The molecule has 3 aromatic carbocycles. The van der Waals surface area contributed by atoms with Gasteiger partial charge in [-0.15, -0.1) is 0 Å². The summed E-state index contributed by atoms with van der Waals surface area (Å²) in [5, 5.41) is 5.40. The Morgan fingerprint density at radius 2 is 1.62 bits per heavy atom. The third kappa shape index (κ3) is 3.05. The smallest absolute Gasteiger partial charge is 0.228 e. The molecule has 0 amide bonds. The van der Waals surface area contributed by atoms with Crippen LogP contribution in [0.5, 0.6) is 0 Å². The number of carbonyl (C=O) groups is 1. The van der Waals surface area contributed by atoms with Crippen LogP contribution in [-0.4, -0.2) is 15.6 Å². The average molecular weight is 378 g/mol. The monoisotopic (exact) mass is 378 g/mol. The lowest BCUT2D eigenvalue weighted by Crippen LogP contribution is -2.01. The molecule has 0 fully saturated rings. The molecule has 0 aliphatic carbocycles. The maximum Gasteiger partial charge on any atom is 0.228 e. The van der Waals surface area contributed by atoms with Crippen molar-refractivity contribution < 1.29 is 9.21 Å². The number of furan rings is 1. The van der Waals surface area contributed by atoms with Crippen LogP contribution in [0, 0.1) is 6.92 Å². The molecule has 4 heteroatoms. The van der Waals surface area contributed by atoms with Gasteiger partial charge in [0, 0.05) is 28.3 Å². The molecule has 2 heterocycles. The van der Waals surface area contributed by atoms with E-state index in [-0.39, 0.29) is 5.78 Å². The van der Waals surface area contributed by atoms with Crippen molar-refractivity contribution in [3.8, 4) is 16.8 Å². The van der Waals surface area contributed by atoms with Crippen LogP contribution in [0.15, 0.2) is 95.7 Å². The van der Waals surface area contributed by atoms with Crippen molar-refractivity contribution >= 4 is 16.8 Å². The minimum absolute atomic E-state index is 0.135. The fourth-order valence-corrected chi connectivity index (χ4v) is 3.50. The number of aryl methyl sites for hydroxylation is 1. The largest absolute Gasteiger partial charge is 0.452 e. The number of para-hydroxylation sites is 2. The Balaban J connectivity index is 1.67. The summed E-state index contributed by atoms with van der Waals surface area (Å²) in [6.45, 7) is 2.00. The molecule has 2 aromatic heterocycles. The molecule has 5 aromatic rings. The third-order valence-corrected chi connectivity index (χ3v) is 5.01. The minimum Gasteiger partial charge on any atom is -0.452 e. The highest BCUT2D eigenvalue weighted by Crippen LogP contribution is 2.36. The normalized spacial score (nSPS) is 11.1. The molecule has 0 atom stereocenters. The highest BCUT2D eigenvalue weighted by Gasteiger charge is 2.24. The van der Waals surface area contributed by atoms with Gasteiger partial charge >= 0.3 is 0 Å². The first-order valence-corrected chi connectivity index (χ1v) is 9.44. The quantitative estimate of drug-likeness (QED) is 0.370. The van der Waals surface area contributed by atoms with Crippen LogP contribution in [0.3, 0.4) is 0 Å². The van der Waals surface area contributed by atoms with Gasteiger partial charge in [-0.1, -0.05) is 66.2 Å². The summed E-state index contributed by atoms with van der Waals surface area (Å²) in [7, 11) is 0. The SMILES string of the molecule is Cc1ccc(C(=O)c2oc3ccccc3c2-c2cnn(-c3ccccc3)c2)cc1.